The number of hydrogen-bond acceptors (Lipinski definition) is 3. The van der Waals surface area contributed by atoms with E-state index in [1.165, 1.54) is 4.90 Å². The van der Waals surface area contributed by atoms with Gasteiger partial charge in [-0.1, -0.05) is 18.2 Å². The van der Waals surface area contributed by atoms with Crippen LogP contribution >= 0.6 is 12.4 Å². The molecule has 1 aliphatic heterocycles. The molecule has 2 rings (SSSR count). The van der Waals surface area contributed by atoms with E-state index in [4.69, 9.17) is 5.73 Å². The Balaban J connectivity index is 0.00000162. The molecule has 5 heteroatoms. The fraction of sp³-hybridized carbons (Fsp3) is 0.385. The number of imide groups is 1. The highest BCUT2D eigenvalue weighted by atomic mass is 35.5. The molecule has 4 nitrogen and oxygen atoms in total. The van der Waals surface area contributed by atoms with Crippen LogP contribution in [0.4, 0.5) is 0 Å². The number of amides is 2. The largest absolute Gasteiger partial charge is 0.329 e. The van der Waals surface area contributed by atoms with E-state index in [-0.39, 0.29) is 37.3 Å². The van der Waals surface area contributed by atoms with Crippen molar-refractivity contribution in [3.05, 3.63) is 35.4 Å². The predicted molar refractivity (Wildman–Crippen MR) is 71.8 cm³/mol. The van der Waals surface area contributed by atoms with Crippen LogP contribution in [0, 0.1) is 0 Å². The molecule has 0 unspecified atom stereocenters. The molecule has 98 valence electrons. The van der Waals surface area contributed by atoms with Gasteiger partial charge in [-0.2, -0.15) is 0 Å². The number of hydrogen-bond donors (Lipinski definition) is 1. The molecule has 1 aromatic rings. The van der Waals surface area contributed by atoms with Crippen LogP contribution in [0.2, 0.25) is 0 Å². The molecule has 0 atom stereocenters. The summed E-state index contributed by atoms with van der Waals surface area (Å²) in [7, 11) is 0. The van der Waals surface area contributed by atoms with Crippen molar-refractivity contribution >= 4 is 24.2 Å². The van der Waals surface area contributed by atoms with Crippen molar-refractivity contribution < 1.29 is 9.59 Å². The quantitative estimate of drug-likeness (QED) is 0.823. The Hall–Kier alpha value is -1.39. The lowest BCUT2D eigenvalue weighted by Gasteiger charge is -2.37. The van der Waals surface area contributed by atoms with E-state index in [9.17, 15) is 9.59 Å². The van der Waals surface area contributed by atoms with Gasteiger partial charge in [-0.15, -0.1) is 12.4 Å². The van der Waals surface area contributed by atoms with Crippen LogP contribution in [0.5, 0.6) is 0 Å². The van der Waals surface area contributed by atoms with Crippen LogP contribution in [0.25, 0.3) is 0 Å². The Morgan fingerprint density at radius 3 is 2.44 bits per heavy atom. The Labute approximate surface area is 113 Å². The van der Waals surface area contributed by atoms with Gasteiger partial charge in [0.05, 0.1) is 5.41 Å². The monoisotopic (exact) mass is 268 g/mol. The minimum atomic E-state index is -0.667. The average Bonchev–Trinajstić information content (AvgIpc) is 2.33. The van der Waals surface area contributed by atoms with Gasteiger partial charge in [0.15, 0.2) is 0 Å². The summed E-state index contributed by atoms with van der Waals surface area (Å²) in [5.74, 6) is -0.415. The first kappa shape index (κ1) is 14.7. The number of nitrogens with two attached hydrogens (primary N) is 1. The molecule has 18 heavy (non-hydrogen) atoms. The third-order valence-electron chi connectivity index (χ3n) is 3.21. The fourth-order valence-electron chi connectivity index (χ4n) is 2.24. The summed E-state index contributed by atoms with van der Waals surface area (Å²) in [6.45, 7) is 4.24. The van der Waals surface area contributed by atoms with Gasteiger partial charge >= 0.3 is 0 Å². The van der Waals surface area contributed by atoms with Gasteiger partial charge in [-0.05, 0) is 25.5 Å². The van der Waals surface area contributed by atoms with E-state index in [1.807, 2.05) is 32.0 Å². The first-order valence-corrected chi connectivity index (χ1v) is 5.66. The van der Waals surface area contributed by atoms with Gasteiger partial charge in [0.25, 0.3) is 5.91 Å². The molecule has 0 saturated carbocycles. The molecule has 0 bridgehead atoms. The zero-order valence-corrected chi connectivity index (χ0v) is 11.3. The molecular weight excluding hydrogens is 252 g/mol. The van der Waals surface area contributed by atoms with Gasteiger partial charge in [-0.25, -0.2) is 0 Å². The maximum Gasteiger partial charge on any atom is 0.260 e. The van der Waals surface area contributed by atoms with Crippen molar-refractivity contribution in [3.8, 4) is 0 Å². The van der Waals surface area contributed by atoms with E-state index in [2.05, 4.69) is 0 Å². The number of carbonyl (C=O) groups excluding carboxylic acids is 2. The summed E-state index contributed by atoms with van der Waals surface area (Å²) in [6.07, 6.45) is 0. The Morgan fingerprint density at radius 1 is 1.22 bits per heavy atom. The van der Waals surface area contributed by atoms with Gasteiger partial charge in [0.1, 0.15) is 0 Å². The number of rotatable bonds is 2. The molecule has 0 fully saturated rings. The van der Waals surface area contributed by atoms with Crippen LogP contribution in [0.1, 0.15) is 29.8 Å². The Bertz CT molecular complexity index is 486. The summed E-state index contributed by atoms with van der Waals surface area (Å²) in [5.41, 5.74) is 6.18. The van der Waals surface area contributed by atoms with E-state index in [1.54, 1.807) is 6.07 Å². The fourth-order valence-corrected chi connectivity index (χ4v) is 2.24. The van der Waals surface area contributed by atoms with Crippen molar-refractivity contribution in [2.24, 2.45) is 5.73 Å². The second-order valence-corrected chi connectivity index (χ2v) is 4.72. The van der Waals surface area contributed by atoms with Crippen LogP contribution in [-0.4, -0.2) is 29.8 Å². The molecular formula is C13H17ClN2O2. The Morgan fingerprint density at radius 2 is 1.83 bits per heavy atom. The minimum Gasteiger partial charge on any atom is -0.329 e. The van der Waals surface area contributed by atoms with Crippen LogP contribution < -0.4 is 5.73 Å². The lowest BCUT2D eigenvalue weighted by Crippen LogP contribution is -2.53. The third-order valence-corrected chi connectivity index (χ3v) is 3.21. The molecule has 2 amide bonds. The van der Waals surface area contributed by atoms with Crippen molar-refractivity contribution in [3.63, 3.8) is 0 Å². The SMILES string of the molecule is CC1(C)C(=O)N(CCN)C(=O)c2ccccc21.Cl. The zero-order chi connectivity index (χ0) is 12.6. The van der Waals surface area contributed by atoms with Crippen molar-refractivity contribution in [2.75, 3.05) is 13.1 Å². The predicted octanol–water partition coefficient (Wildman–Crippen LogP) is 1.33. The maximum atomic E-state index is 12.3. The van der Waals surface area contributed by atoms with E-state index >= 15 is 0 Å². The molecule has 1 heterocycles. The van der Waals surface area contributed by atoms with Gasteiger partial charge in [0.2, 0.25) is 5.91 Å². The normalized spacial score (nSPS) is 17.2. The van der Waals surface area contributed by atoms with Crippen molar-refractivity contribution in [1.29, 1.82) is 0 Å². The highest BCUT2D eigenvalue weighted by molar-refractivity contribution is 6.12. The number of halogens is 1. The molecule has 0 aromatic heterocycles. The van der Waals surface area contributed by atoms with Crippen molar-refractivity contribution in [1.82, 2.24) is 4.90 Å². The van der Waals surface area contributed by atoms with E-state index < -0.39 is 5.41 Å². The van der Waals surface area contributed by atoms with Crippen molar-refractivity contribution in [2.45, 2.75) is 19.3 Å². The van der Waals surface area contributed by atoms with Gasteiger partial charge < -0.3 is 5.73 Å². The standard InChI is InChI=1S/C13H16N2O2.ClH/c1-13(2)10-6-4-3-5-9(10)11(16)15(8-7-14)12(13)17;/h3-6H,7-8,14H2,1-2H3;1H. The first-order valence-electron chi connectivity index (χ1n) is 5.66. The number of nitrogens with zero attached hydrogens (tertiary/aromatic N) is 1. The van der Waals surface area contributed by atoms with Gasteiger partial charge in [0, 0.05) is 18.7 Å². The lowest BCUT2D eigenvalue weighted by molar-refractivity contribution is -0.134. The second kappa shape index (κ2) is 5.08. The summed E-state index contributed by atoms with van der Waals surface area (Å²) in [4.78, 5) is 25.7. The smallest absolute Gasteiger partial charge is 0.260 e. The molecule has 1 aliphatic rings. The van der Waals surface area contributed by atoms with E-state index in [0.717, 1.165) is 5.56 Å². The number of benzene rings is 1. The summed E-state index contributed by atoms with van der Waals surface area (Å²) < 4.78 is 0. The first-order chi connectivity index (χ1) is 8.00. The van der Waals surface area contributed by atoms with Gasteiger partial charge in [-0.3, -0.25) is 14.5 Å². The molecule has 0 saturated heterocycles. The maximum absolute atomic E-state index is 12.3. The van der Waals surface area contributed by atoms with Crippen LogP contribution in [0.15, 0.2) is 24.3 Å². The molecule has 1 aromatic carbocycles. The molecule has 0 aliphatic carbocycles. The number of carbonyl (C=O) groups is 2. The highest BCUT2D eigenvalue weighted by Crippen LogP contribution is 2.33. The lowest BCUT2D eigenvalue weighted by atomic mass is 9.77. The third kappa shape index (κ3) is 2.02. The second-order valence-electron chi connectivity index (χ2n) is 4.72. The topological polar surface area (TPSA) is 63.4 Å². The summed E-state index contributed by atoms with van der Waals surface area (Å²) in [5, 5.41) is 0. The zero-order valence-electron chi connectivity index (χ0n) is 10.5. The number of fused-ring (bicyclic) bond motifs is 1. The molecule has 2 N–H and O–H groups in total. The van der Waals surface area contributed by atoms with Crippen LogP contribution in [0.3, 0.4) is 0 Å². The molecule has 0 radical (unpaired) electrons. The summed E-state index contributed by atoms with van der Waals surface area (Å²) in [6, 6.07) is 7.25. The van der Waals surface area contributed by atoms with E-state index in [0.29, 0.717) is 5.56 Å². The Kier molecular flexibility index (Phi) is 4.14. The average molecular weight is 269 g/mol. The molecule has 0 spiro atoms. The summed E-state index contributed by atoms with van der Waals surface area (Å²) >= 11 is 0. The highest BCUT2D eigenvalue weighted by Gasteiger charge is 2.43. The minimum absolute atomic E-state index is 0. The van der Waals surface area contributed by atoms with Crippen LogP contribution in [-0.2, 0) is 10.2 Å².